The molecule has 0 spiro atoms. The monoisotopic (exact) mass is 329 g/mol. The highest BCUT2D eigenvalue weighted by atomic mass is 79.9. The van der Waals surface area contributed by atoms with Crippen LogP contribution in [0.15, 0.2) is 0 Å². The Balaban J connectivity index is 1.50. The average Bonchev–Trinajstić information content (AvgIpc) is 2.70. The van der Waals surface area contributed by atoms with Gasteiger partial charge in [0, 0.05) is 29.9 Å². The molecule has 0 saturated carbocycles. The number of carbonyl (C=O) groups is 1. The number of fused-ring (bicyclic) bond motifs is 2. The maximum absolute atomic E-state index is 12.5. The van der Waals surface area contributed by atoms with Crippen LogP contribution in [0.5, 0.6) is 0 Å². The number of hydrogen-bond donors (Lipinski definition) is 0. The first-order valence-corrected chi connectivity index (χ1v) is 8.72. The van der Waals surface area contributed by atoms with E-state index in [0.717, 1.165) is 32.3 Å². The van der Waals surface area contributed by atoms with Crippen LogP contribution in [0.25, 0.3) is 0 Å². The van der Waals surface area contributed by atoms with Crippen molar-refractivity contribution in [2.75, 3.05) is 6.61 Å². The van der Waals surface area contributed by atoms with E-state index in [4.69, 9.17) is 4.74 Å². The summed E-state index contributed by atoms with van der Waals surface area (Å²) in [5.74, 6) is 0.376. The predicted octanol–water partition coefficient (Wildman–Crippen LogP) is 3.25. The molecule has 0 aromatic rings. The number of rotatable bonds is 3. The first-order chi connectivity index (χ1) is 9.24. The summed E-state index contributed by atoms with van der Waals surface area (Å²) in [6.45, 7) is 0.888. The standard InChI is InChI=1S/C15H24BrNO2/c16-11-9-12-4-5-13(10-11)17(12)15(18)7-6-14-3-1-2-8-19-14/h11-14H,1-10H2. The second-order valence-corrected chi connectivity index (χ2v) is 7.58. The molecule has 3 aliphatic rings. The molecular formula is C15H24BrNO2. The molecule has 19 heavy (non-hydrogen) atoms. The molecule has 4 heteroatoms. The first-order valence-electron chi connectivity index (χ1n) is 7.81. The van der Waals surface area contributed by atoms with Crippen molar-refractivity contribution in [2.45, 2.75) is 80.8 Å². The van der Waals surface area contributed by atoms with Gasteiger partial charge in [0.15, 0.2) is 0 Å². The molecule has 3 heterocycles. The van der Waals surface area contributed by atoms with E-state index in [0.29, 0.717) is 35.3 Å². The number of alkyl halides is 1. The van der Waals surface area contributed by atoms with Crippen LogP contribution in [0, 0.1) is 0 Å². The number of amides is 1. The molecule has 3 fully saturated rings. The molecule has 1 amide bonds. The Morgan fingerprint density at radius 1 is 1.16 bits per heavy atom. The van der Waals surface area contributed by atoms with Crippen molar-refractivity contribution in [1.82, 2.24) is 4.90 Å². The Bertz CT molecular complexity index is 316. The summed E-state index contributed by atoms with van der Waals surface area (Å²) < 4.78 is 5.72. The van der Waals surface area contributed by atoms with Crippen molar-refractivity contribution < 1.29 is 9.53 Å². The van der Waals surface area contributed by atoms with Gasteiger partial charge in [-0.15, -0.1) is 0 Å². The predicted molar refractivity (Wildman–Crippen MR) is 78.4 cm³/mol. The number of carbonyl (C=O) groups excluding carboxylic acids is 1. The van der Waals surface area contributed by atoms with E-state index in [-0.39, 0.29) is 0 Å². The van der Waals surface area contributed by atoms with Crippen LogP contribution in [0.4, 0.5) is 0 Å². The highest BCUT2D eigenvalue weighted by Crippen LogP contribution is 2.39. The lowest BCUT2D eigenvalue weighted by Gasteiger charge is -2.37. The van der Waals surface area contributed by atoms with E-state index in [2.05, 4.69) is 20.8 Å². The quantitative estimate of drug-likeness (QED) is 0.744. The molecule has 0 aliphatic carbocycles. The summed E-state index contributed by atoms with van der Waals surface area (Å²) in [6.07, 6.45) is 10.2. The Hall–Kier alpha value is -0.0900. The second kappa shape index (κ2) is 6.13. The summed E-state index contributed by atoms with van der Waals surface area (Å²) >= 11 is 3.73. The van der Waals surface area contributed by atoms with Crippen LogP contribution in [0.1, 0.15) is 57.8 Å². The third-order valence-electron chi connectivity index (χ3n) is 4.92. The smallest absolute Gasteiger partial charge is 0.223 e. The van der Waals surface area contributed by atoms with Gasteiger partial charge in [0.1, 0.15) is 0 Å². The zero-order chi connectivity index (χ0) is 13.2. The van der Waals surface area contributed by atoms with Gasteiger partial charge in [0.2, 0.25) is 5.91 Å². The van der Waals surface area contributed by atoms with Crippen LogP contribution in [0.2, 0.25) is 0 Å². The molecular weight excluding hydrogens is 306 g/mol. The molecule has 108 valence electrons. The van der Waals surface area contributed by atoms with Crippen molar-refractivity contribution in [1.29, 1.82) is 0 Å². The number of hydrogen-bond acceptors (Lipinski definition) is 2. The largest absolute Gasteiger partial charge is 0.378 e. The van der Waals surface area contributed by atoms with Crippen molar-refractivity contribution in [3.8, 4) is 0 Å². The van der Waals surface area contributed by atoms with Gasteiger partial charge in [-0.25, -0.2) is 0 Å². The molecule has 2 bridgehead atoms. The maximum Gasteiger partial charge on any atom is 0.223 e. The molecule has 0 N–H and O–H groups in total. The zero-order valence-corrected chi connectivity index (χ0v) is 13.1. The minimum absolute atomic E-state index is 0.337. The first kappa shape index (κ1) is 13.9. The van der Waals surface area contributed by atoms with Gasteiger partial charge in [-0.05, 0) is 51.4 Å². The van der Waals surface area contributed by atoms with Crippen molar-refractivity contribution >= 4 is 21.8 Å². The third-order valence-corrected chi connectivity index (χ3v) is 5.67. The Kier molecular flexibility index (Phi) is 4.47. The van der Waals surface area contributed by atoms with Crippen LogP contribution < -0.4 is 0 Å². The van der Waals surface area contributed by atoms with Crippen molar-refractivity contribution in [3.05, 3.63) is 0 Å². The fourth-order valence-electron chi connectivity index (χ4n) is 3.97. The molecule has 3 nitrogen and oxygen atoms in total. The maximum atomic E-state index is 12.5. The van der Waals surface area contributed by atoms with Crippen LogP contribution in [-0.4, -0.2) is 40.4 Å². The third kappa shape index (κ3) is 3.15. The minimum atomic E-state index is 0.337. The number of piperidine rings is 1. The lowest BCUT2D eigenvalue weighted by Crippen LogP contribution is -2.47. The van der Waals surface area contributed by atoms with Crippen LogP contribution in [-0.2, 0) is 9.53 Å². The van der Waals surface area contributed by atoms with Gasteiger partial charge < -0.3 is 9.64 Å². The fourth-order valence-corrected chi connectivity index (χ4v) is 4.83. The normalized spacial score (nSPS) is 38.5. The second-order valence-electron chi connectivity index (χ2n) is 6.28. The van der Waals surface area contributed by atoms with Crippen LogP contribution in [0.3, 0.4) is 0 Å². The molecule has 3 atom stereocenters. The minimum Gasteiger partial charge on any atom is -0.378 e. The van der Waals surface area contributed by atoms with E-state index in [1.807, 2.05) is 0 Å². The summed E-state index contributed by atoms with van der Waals surface area (Å²) in [6, 6.07) is 1.01. The zero-order valence-electron chi connectivity index (χ0n) is 11.5. The van der Waals surface area contributed by atoms with Crippen molar-refractivity contribution in [3.63, 3.8) is 0 Å². The van der Waals surface area contributed by atoms with E-state index in [9.17, 15) is 4.79 Å². The SMILES string of the molecule is O=C(CCC1CCCCO1)N1C2CCC1CC(Br)C2. The van der Waals surface area contributed by atoms with Gasteiger partial charge in [0.05, 0.1) is 6.10 Å². The summed E-state index contributed by atoms with van der Waals surface area (Å²) in [7, 11) is 0. The molecule has 3 rings (SSSR count). The average molecular weight is 330 g/mol. The molecule has 0 aromatic heterocycles. The summed E-state index contributed by atoms with van der Waals surface area (Å²) in [4.78, 5) is 15.3. The van der Waals surface area contributed by atoms with E-state index >= 15 is 0 Å². The molecule has 3 aliphatic heterocycles. The molecule has 3 saturated heterocycles. The number of halogens is 1. The van der Waals surface area contributed by atoms with Crippen molar-refractivity contribution in [2.24, 2.45) is 0 Å². The van der Waals surface area contributed by atoms with E-state index in [1.54, 1.807) is 0 Å². The highest BCUT2D eigenvalue weighted by molar-refractivity contribution is 9.09. The van der Waals surface area contributed by atoms with Gasteiger partial charge in [-0.2, -0.15) is 0 Å². The van der Waals surface area contributed by atoms with Gasteiger partial charge in [0.25, 0.3) is 0 Å². The highest BCUT2D eigenvalue weighted by Gasteiger charge is 2.42. The molecule has 0 radical (unpaired) electrons. The lowest BCUT2D eigenvalue weighted by atomic mass is 10.0. The molecule has 3 unspecified atom stereocenters. The van der Waals surface area contributed by atoms with Gasteiger partial charge in [-0.3, -0.25) is 4.79 Å². The fraction of sp³-hybridized carbons (Fsp3) is 0.933. The van der Waals surface area contributed by atoms with E-state index < -0.39 is 0 Å². The lowest BCUT2D eigenvalue weighted by molar-refractivity contribution is -0.136. The summed E-state index contributed by atoms with van der Waals surface area (Å²) in [5.41, 5.74) is 0. The number of ether oxygens (including phenoxy) is 1. The Morgan fingerprint density at radius 3 is 2.53 bits per heavy atom. The summed E-state index contributed by atoms with van der Waals surface area (Å²) in [5, 5.41) is 0. The van der Waals surface area contributed by atoms with Gasteiger partial charge >= 0.3 is 0 Å². The molecule has 0 aromatic carbocycles. The van der Waals surface area contributed by atoms with Gasteiger partial charge in [-0.1, -0.05) is 15.9 Å². The number of nitrogens with zero attached hydrogens (tertiary/aromatic N) is 1. The Labute approximate surface area is 124 Å². The topological polar surface area (TPSA) is 29.5 Å². The Morgan fingerprint density at radius 2 is 1.89 bits per heavy atom. The van der Waals surface area contributed by atoms with Crippen LogP contribution >= 0.6 is 15.9 Å². The van der Waals surface area contributed by atoms with E-state index in [1.165, 1.54) is 25.7 Å².